The van der Waals surface area contributed by atoms with Crippen molar-refractivity contribution >= 4 is 0 Å². The van der Waals surface area contributed by atoms with Crippen LogP contribution >= 0.6 is 0 Å². The zero-order valence-electron chi connectivity index (χ0n) is 8.15. The highest BCUT2D eigenvalue weighted by Gasteiger charge is 1.83. The number of hydrogen-bond acceptors (Lipinski definition) is 0. The van der Waals surface area contributed by atoms with Gasteiger partial charge in [-0.3, -0.25) is 0 Å². The van der Waals surface area contributed by atoms with Crippen LogP contribution < -0.4 is 0 Å². The molecule has 0 atom stereocenters. The van der Waals surface area contributed by atoms with E-state index >= 15 is 0 Å². The van der Waals surface area contributed by atoms with Crippen LogP contribution in [0.2, 0.25) is 0 Å². The molecule has 0 heteroatoms. The first-order valence-electron chi connectivity index (χ1n) is 5.13. The largest absolute Gasteiger partial charge is 0.0882 e. The quantitative estimate of drug-likeness (QED) is 0.483. The van der Waals surface area contributed by atoms with Gasteiger partial charge in [-0.25, -0.2) is 0 Å². The van der Waals surface area contributed by atoms with Crippen molar-refractivity contribution in [1.82, 2.24) is 0 Å². The van der Waals surface area contributed by atoms with Crippen LogP contribution in [0.3, 0.4) is 0 Å². The van der Waals surface area contributed by atoms with Gasteiger partial charge in [-0.2, -0.15) is 0 Å². The molecule has 1 rings (SSSR count). The Balaban J connectivity index is 2.38. The maximum absolute atomic E-state index is 2.29. The van der Waals surface area contributed by atoms with Crippen LogP contribution in [-0.2, 0) is 0 Å². The van der Waals surface area contributed by atoms with Crippen LogP contribution in [-0.4, -0.2) is 0 Å². The highest BCUT2D eigenvalue weighted by atomic mass is 13.9. The van der Waals surface area contributed by atoms with Crippen LogP contribution in [0.4, 0.5) is 0 Å². The fourth-order valence-electron chi connectivity index (χ4n) is 1.28. The Kier molecular flexibility index (Phi) is 5.87. The molecule has 0 spiro atoms. The minimum Gasteiger partial charge on any atom is -0.0882 e. The van der Waals surface area contributed by atoms with Crippen LogP contribution in [0.1, 0.15) is 32.1 Å². The molecule has 0 unspecified atom stereocenters. The maximum Gasteiger partial charge on any atom is -0.0166 e. The Bertz CT molecular complexity index is 216. The minimum atomic E-state index is 1.06. The predicted octanol–water partition coefficient (Wildman–Crippen LogP) is 4.18. The lowest BCUT2D eigenvalue weighted by Crippen LogP contribution is -1.71. The molecule has 0 bridgehead atoms. The summed E-state index contributed by atoms with van der Waals surface area (Å²) in [5.74, 6) is 0. The lowest BCUT2D eigenvalue weighted by molar-refractivity contribution is 0.761. The molecule has 0 aromatic carbocycles. The van der Waals surface area contributed by atoms with Crippen molar-refractivity contribution in [3.63, 3.8) is 0 Å². The number of rotatable bonds is 0. The molecule has 0 radical (unpaired) electrons. The summed E-state index contributed by atoms with van der Waals surface area (Å²) in [4.78, 5) is 0. The molecule has 0 aromatic rings. The summed E-state index contributed by atoms with van der Waals surface area (Å²) in [7, 11) is 0. The summed E-state index contributed by atoms with van der Waals surface area (Å²) < 4.78 is 0. The SMILES string of the molecule is C1=CCCCC\C=C/C=C/C=C/C1. The van der Waals surface area contributed by atoms with Crippen molar-refractivity contribution in [3.05, 3.63) is 48.6 Å². The van der Waals surface area contributed by atoms with Gasteiger partial charge in [0.05, 0.1) is 0 Å². The number of hydrogen-bond donors (Lipinski definition) is 0. The molecule has 0 nitrogen and oxygen atoms in total. The monoisotopic (exact) mass is 174 g/mol. The van der Waals surface area contributed by atoms with Crippen LogP contribution in [0, 0.1) is 0 Å². The van der Waals surface area contributed by atoms with Crippen molar-refractivity contribution in [2.24, 2.45) is 0 Å². The van der Waals surface area contributed by atoms with Gasteiger partial charge in [0.15, 0.2) is 0 Å². The summed E-state index contributed by atoms with van der Waals surface area (Å²) >= 11 is 0. The summed E-state index contributed by atoms with van der Waals surface area (Å²) in [5.41, 5.74) is 0. The van der Waals surface area contributed by atoms with Gasteiger partial charge in [-0.15, -0.1) is 0 Å². The van der Waals surface area contributed by atoms with E-state index < -0.39 is 0 Å². The van der Waals surface area contributed by atoms with E-state index in [0.29, 0.717) is 0 Å². The summed E-state index contributed by atoms with van der Waals surface area (Å²) in [6, 6.07) is 0. The van der Waals surface area contributed by atoms with Crippen molar-refractivity contribution in [3.8, 4) is 0 Å². The maximum atomic E-state index is 2.29. The third-order valence-electron chi connectivity index (χ3n) is 2.04. The molecule has 1 aliphatic rings. The standard InChI is InChI=1S/C13H18/c1-2-4-6-8-10-12-13-11-9-7-5-3-1/h1-6,9,11H,7-8,10,12-13H2/b2-1+,5-3+,6-4-,11-9?. The Morgan fingerprint density at radius 3 is 2.08 bits per heavy atom. The van der Waals surface area contributed by atoms with Crippen LogP contribution in [0.15, 0.2) is 48.6 Å². The van der Waals surface area contributed by atoms with E-state index in [1.54, 1.807) is 0 Å². The van der Waals surface area contributed by atoms with E-state index in [9.17, 15) is 0 Å². The van der Waals surface area contributed by atoms with E-state index in [-0.39, 0.29) is 0 Å². The van der Waals surface area contributed by atoms with E-state index in [2.05, 4.69) is 48.6 Å². The molecule has 0 amide bonds. The van der Waals surface area contributed by atoms with Gasteiger partial charge >= 0.3 is 0 Å². The van der Waals surface area contributed by atoms with E-state index in [1.165, 1.54) is 25.7 Å². The molecule has 13 heavy (non-hydrogen) atoms. The topological polar surface area (TPSA) is 0 Å². The lowest BCUT2D eigenvalue weighted by atomic mass is 10.2. The van der Waals surface area contributed by atoms with E-state index in [1.807, 2.05) is 0 Å². The molecule has 0 fully saturated rings. The van der Waals surface area contributed by atoms with Gasteiger partial charge in [0, 0.05) is 0 Å². The van der Waals surface area contributed by atoms with Gasteiger partial charge < -0.3 is 0 Å². The van der Waals surface area contributed by atoms with Crippen molar-refractivity contribution in [1.29, 1.82) is 0 Å². The fourth-order valence-corrected chi connectivity index (χ4v) is 1.28. The molecule has 0 saturated heterocycles. The highest BCUT2D eigenvalue weighted by Crippen LogP contribution is 2.03. The molecule has 70 valence electrons. The van der Waals surface area contributed by atoms with Gasteiger partial charge in [0.1, 0.15) is 0 Å². The minimum absolute atomic E-state index is 1.06. The molecule has 0 N–H and O–H groups in total. The van der Waals surface area contributed by atoms with E-state index in [4.69, 9.17) is 0 Å². The third-order valence-corrected chi connectivity index (χ3v) is 2.04. The van der Waals surface area contributed by atoms with Crippen LogP contribution in [0.5, 0.6) is 0 Å². The Hall–Kier alpha value is -1.04. The first-order chi connectivity index (χ1) is 6.50. The second-order valence-electron chi connectivity index (χ2n) is 3.23. The molecule has 0 aromatic heterocycles. The Morgan fingerprint density at radius 1 is 0.538 bits per heavy atom. The zero-order chi connectivity index (χ0) is 9.19. The lowest BCUT2D eigenvalue weighted by Gasteiger charge is -1.91. The Morgan fingerprint density at radius 2 is 1.23 bits per heavy atom. The average molecular weight is 174 g/mol. The smallest absolute Gasteiger partial charge is 0.0166 e. The second-order valence-corrected chi connectivity index (χ2v) is 3.23. The van der Waals surface area contributed by atoms with Gasteiger partial charge in [0.25, 0.3) is 0 Å². The summed E-state index contributed by atoms with van der Waals surface area (Å²) in [5, 5.41) is 0. The molecule has 1 aliphatic carbocycles. The fraction of sp³-hybridized carbons (Fsp3) is 0.385. The first-order valence-corrected chi connectivity index (χ1v) is 5.13. The molecule has 0 saturated carbocycles. The summed E-state index contributed by atoms with van der Waals surface area (Å²) in [6.45, 7) is 0. The molecular weight excluding hydrogens is 156 g/mol. The predicted molar refractivity (Wildman–Crippen MR) is 59.6 cm³/mol. The summed E-state index contributed by atoms with van der Waals surface area (Å²) in [6.07, 6.45) is 23.5. The number of allylic oxidation sites excluding steroid dienone is 8. The zero-order valence-corrected chi connectivity index (χ0v) is 8.15. The third kappa shape index (κ3) is 6.15. The van der Waals surface area contributed by atoms with Crippen molar-refractivity contribution in [2.45, 2.75) is 32.1 Å². The molecular formula is C13H18. The van der Waals surface area contributed by atoms with Crippen LogP contribution in [0.25, 0.3) is 0 Å². The van der Waals surface area contributed by atoms with Crippen molar-refractivity contribution < 1.29 is 0 Å². The van der Waals surface area contributed by atoms with Crippen molar-refractivity contribution in [2.75, 3.05) is 0 Å². The van der Waals surface area contributed by atoms with Gasteiger partial charge in [-0.1, -0.05) is 48.6 Å². The highest BCUT2D eigenvalue weighted by molar-refractivity contribution is 5.12. The molecule has 0 aliphatic heterocycles. The van der Waals surface area contributed by atoms with Gasteiger partial charge in [-0.05, 0) is 32.1 Å². The molecule has 0 heterocycles. The first kappa shape index (κ1) is 10.0. The van der Waals surface area contributed by atoms with E-state index in [0.717, 1.165) is 6.42 Å². The second kappa shape index (κ2) is 7.60. The average Bonchev–Trinajstić information content (AvgIpc) is 2.18. The Labute approximate surface area is 81.4 Å². The normalized spacial score (nSPS) is 26.5. The van der Waals surface area contributed by atoms with Gasteiger partial charge in [0.2, 0.25) is 0 Å².